The van der Waals surface area contributed by atoms with Gasteiger partial charge in [0.2, 0.25) is 0 Å². The van der Waals surface area contributed by atoms with Crippen molar-refractivity contribution in [2.75, 3.05) is 5.73 Å². The number of carbonyl (C=O) groups excluding carboxylic acids is 1. The number of esters is 1. The lowest BCUT2D eigenvalue weighted by molar-refractivity contribution is -0.152. The van der Waals surface area contributed by atoms with E-state index in [9.17, 15) is 9.18 Å². The van der Waals surface area contributed by atoms with Gasteiger partial charge in [0.25, 0.3) is 0 Å². The molecular formula is C17H15FN2O3. The molecule has 0 heterocycles. The third kappa shape index (κ3) is 4.20. The number of halogens is 1. The van der Waals surface area contributed by atoms with Crippen molar-refractivity contribution in [3.8, 4) is 11.8 Å². The molecule has 0 saturated heterocycles. The van der Waals surface area contributed by atoms with Gasteiger partial charge in [0.05, 0.1) is 11.3 Å². The van der Waals surface area contributed by atoms with Crippen LogP contribution in [0.2, 0.25) is 0 Å². The number of nitrogens with zero attached hydrogens (tertiary/aromatic N) is 1. The summed E-state index contributed by atoms with van der Waals surface area (Å²) in [7, 11) is 0. The summed E-state index contributed by atoms with van der Waals surface area (Å²) in [5.41, 5.74) is 6.09. The Labute approximate surface area is 133 Å². The maximum Gasteiger partial charge on any atom is 0.347 e. The first-order valence-corrected chi connectivity index (χ1v) is 6.87. The summed E-state index contributed by atoms with van der Waals surface area (Å²) < 4.78 is 23.8. The minimum atomic E-state index is -0.962. The fraction of sp³-hybridized carbons (Fsp3) is 0.176. The Bertz CT molecular complexity index is 741. The molecule has 0 aliphatic heterocycles. The molecule has 0 aliphatic rings. The molecular weight excluding hydrogens is 299 g/mol. The van der Waals surface area contributed by atoms with Crippen molar-refractivity contribution < 1.29 is 18.7 Å². The Hall–Kier alpha value is -3.07. The van der Waals surface area contributed by atoms with Crippen LogP contribution < -0.4 is 10.5 Å². The fourth-order valence-corrected chi connectivity index (χ4v) is 1.84. The van der Waals surface area contributed by atoms with E-state index in [2.05, 4.69) is 0 Å². The van der Waals surface area contributed by atoms with Crippen LogP contribution in [-0.2, 0) is 16.1 Å². The highest BCUT2D eigenvalue weighted by Gasteiger charge is 2.19. The minimum absolute atomic E-state index is 0.0376. The SMILES string of the molecule is CC(Oc1cc(N)c(F)cc1C#N)C(=O)OCc1ccccc1. The van der Waals surface area contributed by atoms with Gasteiger partial charge in [-0.25, -0.2) is 9.18 Å². The first-order valence-electron chi connectivity index (χ1n) is 6.87. The number of benzene rings is 2. The van der Waals surface area contributed by atoms with E-state index in [4.69, 9.17) is 20.5 Å². The lowest BCUT2D eigenvalue weighted by atomic mass is 10.2. The molecule has 2 aromatic rings. The molecule has 0 radical (unpaired) electrons. The van der Waals surface area contributed by atoms with Crippen LogP contribution >= 0.6 is 0 Å². The Morgan fingerprint density at radius 3 is 2.70 bits per heavy atom. The number of hydrogen-bond acceptors (Lipinski definition) is 5. The van der Waals surface area contributed by atoms with Gasteiger partial charge in [-0.3, -0.25) is 0 Å². The van der Waals surface area contributed by atoms with Crippen LogP contribution in [0.15, 0.2) is 42.5 Å². The van der Waals surface area contributed by atoms with Crippen molar-refractivity contribution in [3.05, 3.63) is 59.4 Å². The van der Waals surface area contributed by atoms with Crippen molar-refractivity contribution >= 4 is 11.7 Å². The highest BCUT2D eigenvalue weighted by Crippen LogP contribution is 2.25. The van der Waals surface area contributed by atoms with Gasteiger partial charge in [-0.15, -0.1) is 0 Å². The third-order valence-electron chi connectivity index (χ3n) is 3.08. The average molecular weight is 314 g/mol. The molecule has 0 aliphatic carbocycles. The quantitative estimate of drug-likeness (QED) is 0.677. The fourth-order valence-electron chi connectivity index (χ4n) is 1.84. The summed E-state index contributed by atoms with van der Waals surface area (Å²) >= 11 is 0. The second-order valence-corrected chi connectivity index (χ2v) is 4.84. The normalized spacial score (nSPS) is 11.3. The molecule has 23 heavy (non-hydrogen) atoms. The average Bonchev–Trinajstić information content (AvgIpc) is 2.56. The number of hydrogen-bond donors (Lipinski definition) is 1. The summed E-state index contributed by atoms with van der Waals surface area (Å²) in [6.45, 7) is 1.60. The molecule has 2 rings (SSSR count). The summed E-state index contributed by atoms with van der Waals surface area (Å²) in [5, 5.41) is 8.98. The minimum Gasteiger partial charge on any atom is -0.478 e. The molecule has 1 atom stereocenters. The number of rotatable bonds is 5. The second kappa shape index (κ2) is 7.27. The van der Waals surface area contributed by atoms with Crippen molar-refractivity contribution in [2.24, 2.45) is 0 Å². The predicted octanol–water partition coefficient (Wildman–Crippen LogP) is 2.79. The molecule has 6 heteroatoms. The molecule has 0 aromatic heterocycles. The molecule has 1 unspecified atom stereocenters. The van der Waals surface area contributed by atoms with Gasteiger partial charge in [-0.1, -0.05) is 30.3 Å². The van der Waals surface area contributed by atoms with Gasteiger partial charge in [-0.05, 0) is 18.6 Å². The van der Waals surface area contributed by atoms with Crippen LogP contribution in [0.1, 0.15) is 18.1 Å². The molecule has 0 amide bonds. The number of nitrogen functional groups attached to an aromatic ring is 1. The van der Waals surface area contributed by atoms with Gasteiger partial charge in [-0.2, -0.15) is 5.26 Å². The van der Waals surface area contributed by atoms with E-state index >= 15 is 0 Å². The molecule has 2 aromatic carbocycles. The largest absolute Gasteiger partial charge is 0.478 e. The third-order valence-corrected chi connectivity index (χ3v) is 3.08. The molecule has 5 nitrogen and oxygen atoms in total. The van der Waals surface area contributed by atoms with Crippen LogP contribution in [-0.4, -0.2) is 12.1 Å². The van der Waals surface area contributed by atoms with Crippen LogP contribution in [0.5, 0.6) is 5.75 Å². The van der Waals surface area contributed by atoms with E-state index in [1.54, 1.807) is 6.07 Å². The zero-order valence-corrected chi connectivity index (χ0v) is 12.5. The molecule has 2 N–H and O–H groups in total. The molecule has 0 saturated carbocycles. The summed E-state index contributed by atoms with van der Waals surface area (Å²) in [5.74, 6) is -1.27. The topological polar surface area (TPSA) is 85.3 Å². The van der Waals surface area contributed by atoms with Gasteiger partial charge < -0.3 is 15.2 Å². The van der Waals surface area contributed by atoms with Crippen LogP contribution in [0.4, 0.5) is 10.1 Å². The van der Waals surface area contributed by atoms with Crippen LogP contribution in [0, 0.1) is 17.1 Å². The zero-order chi connectivity index (χ0) is 16.8. The highest BCUT2D eigenvalue weighted by atomic mass is 19.1. The summed E-state index contributed by atoms with van der Waals surface area (Å²) in [6, 6.07) is 13.1. The molecule has 0 bridgehead atoms. The van der Waals surface area contributed by atoms with Crippen LogP contribution in [0.3, 0.4) is 0 Å². The van der Waals surface area contributed by atoms with Gasteiger partial charge in [0.1, 0.15) is 24.2 Å². The number of ether oxygens (including phenoxy) is 2. The summed E-state index contributed by atoms with van der Waals surface area (Å²) in [6.07, 6.45) is -0.962. The van der Waals surface area contributed by atoms with E-state index in [0.717, 1.165) is 11.6 Å². The van der Waals surface area contributed by atoms with Crippen molar-refractivity contribution in [2.45, 2.75) is 19.6 Å². The number of nitriles is 1. The smallest absolute Gasteiger partial charge is 0.347 e. The summed E-state index contributed by atoms with van der Waals surface area (Å²) in [4.78, 5) is 11.9. The lowest BCUT2D eigenvalue weighted by Gasteiger charge is -2.15. The molecule has 0 spiro atoms. The number of carbonyl (C=O) groups is 1. The van der Waals surface area contributed by atoms with E-state index in [1.165, 1.54) is 13.0 Å². The Morgan fingerprint density at radius 1 is 1.35 bits per heavy atom. The monoisotopic (exact) mass is 314 g/mol. The van der Waals surface area contributed by atoms with Gasteiger partial charge >= 0.3 is 5.97 Å². The number of nitrogens with two attached hydrogens (primary N) is 1. The maximum absolute atomic E-state index is 13.3. The van der Waals surface area contributed by atoms with E-state index < -0.39 is 17.9 Å². The van der Waals surface area contributed by atoms with Crippen molar-refractivity contribution in [1.82, 2.24) is 0 Å². The number of anilines is 1. The Morgan fingerprint density at radius 2 is 2.04 bits per heavy atom. The van der Waals surface area contributed by atoms with E-state index in [-0.39, 0.29) is 23.6 Å². The van der Waals surface area contributed by atoms with Gasteiger partial charge in [0.15, 0.2) is 6.10 Å². The predicted molar refractivity (Wildman–Crippen MR) is 81.9 cm³/mol. The standard InChI is InChI=1S/C17H15FN2O3/c1-11(17(21)22-10-12-5-3-2-4-6-12)23-16-8-15(20)14(18)7-13(16)9-19/h2-8,11H,10,20H2,1H3. The Kier molecular flexibility index (Phi) is 5.15. The van der Waals surface area contributed by atoms with Crippen molar-refractivity contribution in [3.63, 3.8) is 0 Å². The Balaban J connectivity index is 2.01. The first-order chi connectivity index (χ1) is 11.0. The van der Waals surface area contributed by atoms with E-state index in [0.29, 0.717) is 0 Å². The molecule has 118 valence electrons. The second-order valence-electron chi connectivity index (χ2n) is 4.84. The first kappa shape index (κ1) is 16.3. The van der Waals surface area contributed by atoms with E-state index in [1.807, 2.05) is 30.3 Å². The zero-order valence-electron chi connectivity index (χ0n) is 12.5. The maximum atomic E-state index is 13.3. The van der Waals surface area contributed by atoms with Gasteiger partial charge in [0, 0.05) is 6.07 Å². The highest BCUT2D eigenvalue weighted by molar-refractivity contribution is 5.75. The molecule has 0 fully saturated rings. The lowest BCUT2D eigenvalue weighted by Crippen LogP contribution is -2.26. The van der Waals surface area contributed by atoms with Crippen molar-refractivity contribution in [1.29, 1.82) is 5.26 Å². The van der Waals surface area contributed by atoms with Crippen LogP contribution in [0.25, 0.3) is 0 Å².